The van der Waals surface area contributed by atoms with Crippen molar-refractivity contribution in [2.45, 2.75) is 51.8 Å². The molecule has 0 rings (SSSR count). The van der Waals surface area contributed by atoms with Gasteiger partial charge in [0.2, 0.25) is 10.0 Å². The first kappa shape index (κ1) is 15.9. The third-order valence-electron chi connectivity index (χ3n) is 2.92. The molecular weight excluding hydrogens is 224 g/mol. The van der Waals surface area contributed by atoms with Crippen LogP contribution in [-0.4, -0.2) is 44.2 Å². The van der Waals surface area contributed by atoms with E-state index in [1.54, 1.807) is 14.0 Å². The van der Waals surface area contributed by atoms with Crippen LogP contribution in [0.1, 0.15) is 40.5 Å². The van der Waals surface area contributed by atoms with Crippen LogP contribution in [0.4, 0.5) is 0 Å². The second-order valence-electron chi connectivity index (χ2n) is 4.32. The van der Waals surface area contributed by atoms with Crippen LogP contribution in [0.2, 0.25) is 0 Å². The highest BCUT2D eigenvalue weighted by Crippen LogP contribution is 2.13. The summed E-state index contributed by atoms with van der Waals surface area (Å²) in [5, 5.41) is 2.71. The van der Waals surface area contributed by atoms with Gasteiger partial charge < -0.3 is 5.32 Å². The molecule has 2 atom stereocenters. The standard InChI is InChI=1S/C11H26N2O2S/c1-6-8-10(3)13(5)16(14,15)11(4)9-12-7-2/h10-12H,6-9H2,1-5H3. The minimum absolute atomic E-state index is 0.0825. The van der Waals surface area contributed by atoms with Crippen molar-refractivity contribution in [3.05, 3.63) is 0 Å². The molecule has 0 saturated carbocycles. The van der Waals surface area contributed by atoms with E-state index < -0.39 is 10.0 Å². The lowest BCUT2D eigenvalue weighted by Gasteiger charge is -2.27. The number of nitrogens with zero attached hydrogens (tertiary/aromatic N) is 1. The first-order valence-electron chi connectivity index (χ1n) is 6.05. The van der Waals surface area contributed by atoms with Gasteiger partial charge >= 0.3 is 0 Å². The van der Waals surface area contributed by atoms with Crippen LogP contribution in [0.5, 0.6) is 0 Å². The molecule has 0 spiro atoms. The van der Waals surface area contributed by atoms with Crippen LogP contribution < -0.4 is 5.32 Å². The Balaban J connectivity index is 4.51. The molecular formula is C11H26N2O2S. The van der Waals surface area contributed by atoms with E-state index in [1.165, 1.54) is 4.31 Å². The maximum absolute atomic E-state index is 12.1. The molecule has 16 heavy (non-hydrogen) atoms. The van der Waals surface area contributed by atoms with Crippen LogP contribution in [0.15, 0.2) is 0 Å². The Morgan fingerprint density at radius 3 is 2.25 bits per heavy atom. The van der Waals surface area contributed by atoms with Gasteiger partial charge in [0.15, 0.2) is 0 Å². The Morgan fingerprint density at radius 1 is 1.25 bits per heavy atom. The molecule has 98 valence electrons. The molecule has 0 radical (unpaired) electrons. The normalized spacial score (nSPS) is 16.4. The molecule has 0 fully saturated rings. The summed E-state index contributed by atoms with van der Waals surface area (Å²) in [6, 6.07) is 0.0825. The number of hydrogen-bond donors (Lipinski definition) is 1. The van der Waals surface area contributed by atoms with Gasteiger partial charge in [-0.25, -0.2) is 12.7 Å². The maximum atomic E-state index is 12.1. The Kier molecular flexibility index (Phi) is 7.19. The van der Waals surface area contributed by atoms with E-state index in [4.69, 9.17) is 0 Å². The van der Waals surface area contributed by atoms with Gasteiger partial charge in [0.05, 0.1) is 5.25 Å². The average molecular weight is 250 g/mol. The Labute approximate surface area is 100 Å². The number of sulfonamides is 1. The van der Waals surface area contributed by atoms with Crippen molar-refractivity contribution < 1.29 is 8.42 Å². The molecule has 0 aromatic carbocycles. The van der Waals surface area contributed by atoms with Crippen molar-refractivity contribution in [3.63, 3.8) is 0 Å². The Bertz CT molecular complexity index is 278. The fraction of sp³-hybridized carbons (Fsp3) is 1.00. The van der Waals surface area contributed by atoms with Crippen molar-refractivity contribution in [2.75, 3.05) is 20.1 Å². The number of hydrogen-bond acceptors (Lipinski definition) is 3. The predicted octanol–water partition coefficient (Wildman–Crippen LogP) is 1.43. The van der Waals surface area contributed by atoms with E-state index in [0.29, 0.717) is 6.54 Å². The minimum Gasteiger partial charge on any atom is -0.316 e. The fourth-order valence-corrected chi connectivity index (χ4v) is 3.09. The molecule has 4 nitrogen and oxygen atoms in total. The van der Waals surface area contributed by atoms with Gasteiger partial charge in [0.1, 0.15) is 0 Å². The van der Waals surface area contributed by atoms with Gasteiger partial charge in [-0.05, 0) is 26.8 Å². The van der Waals surface area contributed by atoms with Gasteiger partial charge in [0.25, 0.3) is 0 Å². The van der Waals surface area contributed by atoms with Crippen molar-refractivity contribution in [3.8, 4) is 0 Å². The van der Waals surface area contributed by atoms with Crippen LogP contribution in [0, 0.1) is 0 Å². The summed E-state index contributed by atoms with van der Waals surface area (Å²) in [6.45, 7) is 9.08. The van der Waals surface area contributed by atoms with E-state index in [9.17, 15) is 8.42 Å². The Morgan fingerprint density at radius 2 is 1.81 bits per heavy atom. The van der Waals surface area contributed by atoms with Gasteiger partial charge in [-0.3, -0.25) is 0 Å². The van der Waals surface area contributed by atoms with E-state index in [-0.39, 0.29) is 11.3 Å². The van der Waals surface area contributed by atoms with Gasteiger partial charge in [0, 0.05) is 19.6 Å². The van der Waals surface area contributed by atoms with Crippen molar-refractivity contribution in [1.29, 1.82) is 0 Å². The molecule has 5 heteroatoms. The third-order valence-corrected chi connectivity index (χ3v) is 5.27. The Hall–Kier alpha value is -0.130. The molecule has 2 unspecified atom stereocenters. The highest BCUT2D eigenvalue weighted by atomic mass is 32.2. The minimum atomic E-state index is -3.16. The van der Waals surface area contributed by atoms with Crippen LogP contribution in [0.3, 0.4) is 0 Å². The molecule has 0 aliphatic rings. The SMILES string of the molecule is CCCC(C)N(C)S(=O)(=O)C(C)CNCC. The molecule has 0 aromatic heterocycles. The topological polar surface area (TPSA) is 49.4 Å². The zero-order valence-electron chi connectivity index (χ0n) is 11.2. The van der Waals surface area contributed by atoms with E-state index in [0.717, 1.165) is 19.4 Å². The summed E-state index contributed by atoms with van der Waals surface area (Å²) >= 11 is 0. The molecule has 0 aliphatic carbocycles. The lowest BCUT2D eigenvalue weighted by atomic mass is 10.2. The highest BCUT2D eigenvalue weighted by molar-refractivity contribution is 7.89. The third kappa shape index (κ3) is 4.39. The zero-order chi connectivity index (χ0) is 12.8. The van der Waals surface area contributed by atoms with E-state index in [2.05, 4.69) is 12.2 Å². The molecule has 1 N–H and O–H groups in total. The average Bonchev–Trinajstić information content (AvgIpc) is 2.24. The molecule has 0 aromatic rings. The summed E-state index contributed by atoms with van der Waals surface area (Å²) in [5.41, 5.74) is 0. The summed E-state index contributed by atoms with van der Waals surface area (Å²) in [4.78, 5) is 0. The predicted molar refractivity (Wildman–Crippen MR) is 69.1 cm³/mol. The van der Waals surface area contributed by atoms with Crippen molar-refractivity contribution in [2.24, 2.45) is 0 Å². The highest BCUT2D eigenvalue weighted by Gasteiger charge is 2.28. The van der Waals surface area contributed by atoms with Crippen LogP contribution in [-0.2, 0) is 10.0 Å². The first-order chi connectivity index (χ1) is 7.37. The largest absolute Gasteiger partial charge is 0.316 e. The monoisotopic (exact) mass is 250 g/mol. The van der Waals surface area contributed by atoms with E-state index in [1.807, 2.05) is 13.8 Å². The molecule has 0 saturated heterocycles. The summed E-state index contributed by atoms with van der Waals surface area (Å²) in [6.07, 6.45) is 1.91. The smallest absolute Gasteiger partial charge is 0.217 e. The molecule has 0 bridgehead atoms. The maximum Gasteiger partial charge on any atom is 0.217 e. The fourth-order valence-electron chi connectivity index (χ4n) is 1.59. The first-order valence-corrected chi connectivity index (χ1v) is 7.55. The summed E-state index contributed by atoms with van der Waals surface area (Å²) < 4.78 is 25.8. The summed E-state index contributed by atoms with van der Waals surface area (Å²) in [5.74, 6) is 0. The second kappa shape index (κ2) is 7.25. The zero-order valence-corrected chi connectivity index (χ0v) is 12.0. The lowest BCUT2D eigenvalue weighted by molar-refractivity contribution is 0.363. The van der Waals surface area contributed by atoms with Gasteiger partial charge in [-0.1, -0.05) is 20.3 Å². The van der Waals surface area contributed by atoms with Gasteiger partial charge in [-0.15, -0.1) is 0 Å². The second-order valence-corrected chi connectivity index (χ2v) is 6.73. The summed E-state index contributed by atoms with van der Waals surface area (Å²) in [7, 11) is -1.48. The quantitative estimate of drug-likeness (QED) is 0.709. The van der Waals surface area contributed by atoms with Crippen LogP contribution >= 0.6 is 0 Å². The molecule has 0 aliphatic heterocycles. The van der Waals surface area contributed by atoms with Gasteiger partial charge in [-0.2, -0.15) is 0 Å². The number of nitrogens with one attached hydrogen (secondary N) is 1. The van der Waals surface area contributed by atoms with Crippen LogP contribution in [0.25, 0.3) is 0 Å². The molecule has 0 amide bonds. The molecule has 0 heterocycles. The lowest BCUT2D eigenvalue weighted by Crippen LogP contribution is -2.43. The van der Waals surface area contributed by atoms with E-state index >= 15 is 0 Å². The van der Waals surface area contributed by atoms with Crippen molar-refractivity contribution in [1.82, 2.24) is 9.62 Å². The number of rotatable bonds is 8. The van der Waals surface area contributed by atoms with Crippen molar-refractivity contribution >= 4 is 10.0 Å².